The van der Waals surface area contributed by atoms with Gasteiger partial charge in [-0.25, -0.2) is 8.42 Å². The number of benzene rings is 1. The summed E-state index contributed by atoms with van der Waals surface area (Å²) in [4.78, 5) is 21.8. The van der Waals surface area contributed by atoms with Gasteiger partial charge in [-0.2, -0.15) is 4.31 Å². The van der Waals surface area contributed by atoms with Crippen LogP contribution >= 0.6 is 11.6 Å². The van der Waals surface area contributed by atoms with Gasteiger partial charge < -0.3 is 15.2 Å². The zero-order chi connectivity index (χ0) is 17.9. The van der Waals surface area contributed by atoms with E-state index in [1.54, 1.807) is 0 Å². The third-order valence-corrected chi connectivity index (χ3v) is 5.39. The minimum atomic E-state index is -4.16. The van der Waals surface area contributed by atoms with Gasteiger partial charge in [0.2, 0.25) is 15.9 Å². The Hall–Kier alpha value is -1.84. The van der Waals surface area contributed by atoms with Crippen molar-refractivity contribution in [1.82, 2.24) is 4.31 Å². The monoisotopic (exact) mass is 364 g/mol. The first-order valence-corrected chi connectivity index (χ1v) is 8.20. The molecule has 1 rings (SSSR count). The highest BCUT2D eigenvalue weighted by Crippen LogP contribution is 2.35. The predicted molar refractivity (Wildman–Crippen MR) is 84.4 cm³/mol. The van der Waals surface area contributed by atoms with E-state index in [1.165, 1.54) is 27.0 Å². The van der Waals surface area contributed by atoms with Gasteiger partial charge in [-0.05, 0) is 13.0 Å². The third kappa shape index (κ3) is 4.12. The highest BCUT2D eigenvalue weighted by atomic mass is 35.5. The fourth-order valence-electron chi connectivity index (χ4n) is 1.70. The van der Waals surface area contributed by atoms with E-state index < -0.39 is 22.0 Å². The average Bonchev–Trinajstić information content (AvgIpc) is 2.46. The van der Waals surface area contributed by atoms with Crippen LogP contribution in [-0.4, -0.2) is 49.9 Å². The summed E-state index contributed by atoms with van der Waals surface area (Å²) in [7, 11) is -1.77. The van der Waals surface area contributed by atoms with Crippen molar-refractivity contribution in [2.24, 2.45) is 0 Å². The number of hydrogen-bond acceptors (Lipinski definition) is 5. The first kappa shape index (κ1) is 19.2. The molecule has 0 saturated carbocycles. The van der Waals surface area contributed by atoms with E-state index in [-0.39, 0.29) is 27.3 Å². The molecular weight excluding hydrogens is 348 g/mol. The fourth-order valence-corrected chi connectivity index (χ4v) is 3.46. The predicted octanol–water partition coefficient (Wildman–Crippen LogP) is 1.40. The molecular formula is C13H17ClN2O6S. The van der Waals surface area contributed by atoms with Crippen molar-refractivity contribution in [2.75, 3.05) is 19.5 Å². The normalized spacial score (nSPS) is 12.8. The summed E-state index contributed by atoms with van der Waals surface area (Å²) in [6.45, 7) is 2.51. The number of rotatable bonds is 6. The highest BCUT2D eigenvalue weighted by Gasteiger charge is 2.32. The smallest absolute Gasteiger partial charge is 0.321 e. The number of carbonyl (C=O) groups is 2. The zero-order valence-corrected chi connectivity index (χ0v) is 14.5. The lowest BCUT2D eigenvalue weighted by Crippen LogP contribution is -2.40. The number of amides is 1. The molecule has 0 aliphatic heterocycles. The number of ether oxygens (including phenoxy) is 1. The minimum absolute atomic E-state index is 0.0176. The molecule has 0 aliphatic carbocycles. The Morgan fingerprint density at radius 1 is 1.39 bits per heavy atom. The number of nitrogens with one attached hydrogen (secondary N) is 1. The molecule has 0 saturated heterocycles. The number of carboxylic acids is 1. The quantitative estimate of drug-likeness (QED) is 0.788. The Morgan fingerprint density at radius 2 is 1.96 bits per heavy atom. The molecule has 128 valence electrons. The Morgan fingerprint density at radius 3 is 2.39 bits per heavy atom. The maximum absolute atomic E-state index is 12.6. The van der Waals surface area contributed by atoms with Crippen molar-refractivity contribution >= 4 is 39.2 Å². The molecule has 23 heavy (non-hydrogen) atoms. The molecule has 1 unspecified atom stereocenters. The lowest BCUT2D eigenvalue weighted by Gasteiger charge is -2.22. The lowest BCUT2D eigenvalue weighted by molar-refractivity contribution is -0.140. The van der Waals surface area contributed by atoms with Crippen LogP contribution in [0, 0.1) is 0 Å². The van der Waals surface area contributed by atoms with Crippen LogP contribution in [0.3, 0.4) is 0 Å². The molecule has 10 heteroatoms. The summed E-state index contributed by atoms with van der Waals surface area (Å²) in [5, 5.41) is 11.4. The number of halogens is 1. The average molecular weight is 365 g/mol. The largest absolute Gasteiger partial charge is 0.495 e. The first-order chi connectivity index (χ1) is 10.5. The number of carboxylic acid groups (broad SMARTS) is 1. The van der Waals surface area contributed by atoms with Gasteiger partial charge in [0.05, 0.1) is 17.8 Å². The van der Waals surface area contributed by atoms with E-state index in [2.05, 4.69) is 5.32 Å². The van der Waals surface area contributed by atoms with E-state index in [0.717, 1.165) is 13.1 Å². The number of anilines is 1. The summed E-state index contributed by atoms with van der Waals surface area (Å²) >= 11 is 5.99. The molecule has 8 nitrogen and oxygen atoms in total. The lowest BCUT2D eigenvalue weighted by atomic mass is 10.3. The maximum atomic E-state index is 12.6. The van der Waals surface area contributed by atoms with Crippen LogP contribution < -0.4 is 10.1 Å². The van der Waals surface area contributed by atoms with Gasteiger partial charge in [-0.15, -0.1) is 0 Å². The van der Waals surface area contributed by atoms with Crippen molar-refractivity contribution in [2.45, 2.75) is 24.8 Å². The van der Waals surface area contributed by atoms with Crippen LogP contribution in [-0.2, 0) is 19.6 Å². The number of likely N-dealkylation sites (N-methyl/N-ethyl adjacent to an activating group) is 1. The summed E-state index contributed by atoms with van der Waals surface area (Å²) in [6, 6.07) is 1.08. The molecule has 0 spiro atoms. The van der Waals surface area contributed by atoms with Crippen LogP contribution in [0.4, 0.5) is 5.69 Å². The van der Waals surface area contributed by atoms with Gasteiger partial charge in [0, 0.05) is 20.0 Å². The number of nitrogens with zero attached hydrogens (tertiary/aromatic N) is 1. The van der Waals surface area contributed by atoms with Gasteiger partial charge >= 0.3 is 5.97 Å². The van der Waals surface area contributed by atoms with Crippen LogP contribution in [0.2, 0.25) is 5.02 Å². The van der Waals surface area contributed by atoms with Crippen LogP contribution in [0.25, 0.3) is 0 Å². The van der Waals surface area contributed by atoms with Gasteiger partial charge in [0.15, 0.2) is 0 Å². The second kappa shape index (κ2) is 7.16. The van der Waals surface area contributed by atoms with E-state index in [0.29, 0.717) is 4.31 Å². The van der Waals surface area contributed by atoms with Gasteiger partial charge in [-0.1, -0.05) is 11.6 Å². The molecule has 0 bridgehead atoms. The van der Waals surface area contributed by atoms with Crippen molar-refractivity contribution in [3.8, 4) is 5.75 Å². The molecule has 0 radical (unpaired) electrons. The van der Waals surface area contributed by atoms with E-state index in [4.69, 9.17) is 21.4 Å². The Labute approximate surface area is 139 Å². The second-order valence-electron chi connectivity index (χ2n) is 4.70. The summed E-state index contributed by atoms with van der Waals surface area (Å²) in [6.07, 6.45) is 0. The standard InChI is InChI=1S/C13H17ClN2O6S/c1-7(13(18)19)16(3)23(20,21)12-5-9(14)10(15-8(2)17)6-11(12)22-4/h5-7H,1-4H3,(H,15,17)(H,18,19). The van der Waals surface area contributed by atoms with Crippen molar-refractivity contribution in [3.05, 3.63) is 17.2 Å². The van der Waals surface area contributed by atoms with Crippen molar-refractivity contribution in [1.29, 1.82) is 0 Å². The van der Waals surface area contributed by atoms with E-state index in [1.807, 2.05) is 0 Å². The minimum Gasteiger partial charge on any atom is -0.495 e. The topological polar surface area (TPSA) is 113 Å². The number of aliphatic carboxylic acids is 1. The van der Waals surface area contributed by atoms with Crippen molar-refractivity contribution < 1.29 is 27.9 Å². The number of sulfonamides is 1. The molecule has 0 aliphatic rings. The summed E-state index contributed by atoms with van der Waals surface area (Å²) < 4.78 is 30.9. The maximum Gasteiger partial charge on any atom is 0.321 e. The van der Waals surface area contributed by atoms with E-state index in [9.17, 15) is 18.0 Å². The van der Waals surface area contributed by atoms with Crippen molar-refractivity contribution in [3.63, 3.8) is 0 Å². The first-order valence-electron chi connectivity index (χ1n) is 6.38. The molecule has 1 atom stereocenters. The highest BCUT2D eigenvalue weighted by molar-refractivity contribution is 7.89. The number of hydrogen-bond donors (Lipinski definition) is 2. The zero-order valence-electron chi connectivity index (χ0n) is 13.0. The molecule has 0 aromatic heterocycles. The number of methoxy groups -OCH3 is 1. The molecule has 2 N–H and O–H groups in total. The van der Waals surface area contributed by atoms with E-state index >= 15 is 0 Å². The SMILES string of the molecule is COc1cc(NC(C)=O)c(Cl)cc1S(=O)(=O)N(C)C(C)C(=O)O. The fraction of sp³-hybridized carbons (Fsp3) is 0.385. The molecule has 1 aromatic rings. The van der Waals surface area contributed by atoms with Crippen LogP contribution in [0.5, 0.6) is 5.75 Å². The molecule has 0 fully saturated rings. The summed E-state index contributed by atoms with van der Waals surface area (Å²) in [5.74, 6) is -1.75. The second-order valence-corrected chi connectivity index (χ2v) is 7.07. The Balaban J connectivity index is 3.44. The van der Waals surface area contributed by atoms with Gasteiger partial charge in [-0.3, -0.25) is 9.59 Å². The number of carbonyl (C=O) groups excluding carboxylic acids is 1. The Bertz CT molecular complexity index is 734. The Kier molecular flexibility index (Phi) is 5.98. The molecule has 0 heterocycles. The van der Waals surface area contributed by atoms with Gasteiger partial charge in [0.25, 0.3) is 0 Å². The summed E-state index contributed by atoms with van der Waals surface area (Å²) in [5.41, 5.74) is 0.184. The molecule has 1 amide bonds. The van der Waals surface area contributed by atoms with Crippen LogP contribution in [0.15, 0.2) is 17.0 Å². The molecule has 1 aromatic carbocycles. The van der Waals surface area contributed by atoms with Gasteiger partial charge in [0.1, 0.15) is 16.7 Å². The third-order valence-electron chi connectivity index (χ3n) is 3.12. The van der Waals surface area contributed by atoms with Crippen LogP contribution in [0.1, 0.15) is 13.8 Å².